The van der Waals surface area contributed by atoms with Crippen LogP contribution in [0.4, 0.5) is 0 Å². The average Bonchev–Trinajstić information content (AvgIpc) is 2.13. The van der Waals surface area contributed by atoms with Crippen molar-refractivity contribution in [3.05, 3.63) is 0 Å². The third-order valence-corrected chi connectivity index (χ3v) is 2.46. The summed E-state index contributed by atoms with van der Waals surface area (Å²) in [7, 11) is 0. The molecule has 5 heteroatoms. The highest BCUT2D eigenvalue weighted by atomic mass is 16.4. The summed E-state index contributed by atoms with van der Waals surface area (Å²) in [5, 5.41) is 11.3. The molecule has 0 aromatic heterocycles. The summed E-state index contributed by atoms with van der Waals surface area (Å²) >= 11 is 0. The molecule has 1 unspecified atom stereocenters. The minimum Gasteiger partial charge on any atom is -0.480 e. The largest absolute Gasteiger partial charge is 0.480 e. The van der Waals surface area contributed by atoms with E-state index in [1.807, 2.05) is 4.90 Å². The number of amides is 1. The second-order valence-corrected chi connectivity index (χ2v) is 4.38. The van der Waals surface area contributed by atoms with Gasteiger partial charge in [-0.3, -0.25) is 9.69 Å². The van der Waals surface area contributed by atoms with E-state index in [2.05, 4.69) is 19.2 Å². The SMILES string of the molecule is CC(C)CCN1CC(=O)NC(C(=O)O)C1. The molecule has 15 heavy (non-hydrogen) atoms. The predicted octanol–water partition coefficient (Wildman–Crippen LogP) is -0.0825. The second-order valence-electron chi connectivity index (χ2n) is 4.38. The first-order chi connectivity index (χ1) is 6.99. The Morgan fingerprint density at radius 3 is 2.87 bits per heavy atom. The van der Waals surface area contributed by atoms with E-state index in [1.54, 1.807) is 0 Å². The van der Waals surface area contributed by atoms with E-state index in [0.717, 1.165) is 13.0 Å². The standard InChI is InChI=1S/C10H18N2O3/c1-7(2)3-4-12-5-8(10(14)15)11-9(13)6-12/h7-8H,3-6H2,1-2H3,(H,11,13)(H,14,15). The molecule has 2 N–H and O–H groups in total. The lowest BCUT2D eigenvalue weighted by Gasteiger charge is -2.31. The first kappa shape index (κ1) is 12.0. The summed E-state index contributed by atoms with van der Waals surface area (Å²) in [6.45, 7) is 5.73. The number of carbonyl (C=O) groups excluding carboxylic acids is 1. The Labute approximate surface area is 89.4 Å². The molecule has 1 amide bonds. The zero-order valence-corrected chi connectivity index (χ0v) is 9.19. The number of nitrogens with one attached hydrogen (secondary N) is 1. The fraction of sp³-hybridized carbons (Fsp3) is 0.800. The number of hydrogen-bond donors (Lipinski definition) is 2. The van der Waals surface area contributed by atoms with Gasteiger partial charge in [-0.2, -0.15) is 0 Å². The predicted molar refractivity (Wildman–Crippen MR) is 55.5 cm³/mol. The molecule has 0 bridgehead atoms. The molecule has 0 aromatic rings. The average molecular weight is 214 g/mol. The van der Waals surface area contributed by atoms with Gasteiger partial charge in [-0.05, 0) is 18.9 Å². The van der Waals surface area contributed by atoms with Crippen LogP contribution in [0.3, 0.4) is 0 Å². The smallest absolute Gasteiger partial charge is 0.327 e. The first-order valence-electron chi connectivity index (χ1n) is 5.23. The van der Waals surface area contributed by atoms with Gasteiger partial charge in [-0.25, -0.2) is 4.79 Å². The fourth-order valence-corrected chi connectivity index (χ4v) is 1.56. The molecule has 0 spiro atoms. The Kier molecular flexibility index (Phi) is 4.08. The summed E-state index contributed by atoms with van der Waals surface area (Å²) in [6, 6.07) is -0.751. The third-order valence-electron chi connectivity index (χ3n) is 2.46. The van der Waals surface area contributed by atoms with E-state index in [1.165, 1.54) is 0 Å². The number of carbonyl (C=O) groups is 2. The Bertz CT molecular complexity index is 253. The number of nitrogens with zero attached hydrogens (tertiary/aromatic N) is 1. The van der Waals surface area contributed by atoms with Crippen LogP contribution in [-0.2, 0) is 9.59 Å². The van der Waals surface area contributed by atoms with Crippen molar-refractivity contribution in [3.63, 3.8) is 0 Å². The minimum absolute atomic E-state index is 0.197. The molecule has 1 heterocycles. The molecule has 1 aliphatic rings. The molecular weight excluding hydrogens is 196 g/mol. The van der Waals surface area contributed by atoms with Crippen LogP contribution in [0, 0.1) is 5.92 Å². The van der Waals surface area contributed by atoms with Gasteiger partial charge < -0.3 is 10.4 Å². The molecule has 1 saturated heterocycles. The molecule has 86 valence electrons. The highest BCUT2D eigenvalue weighted by Crippen LogP contribution is 2.05. The number of rotatable bonds is 4. The van der Waals surface area contributed by atoms with E-state index < -0.39 is 12.0 Å². The summed E-state index contributed by atoms with van der Waals surface area (Å²) in [4.78, 5) is 23.9. The Balaban J connectivity index is 2.44. The number of aliphatic carboxylic acids is 1. The normalized spacial score (nSPS) is 22.9. The molecule has 1 fully saturated rings. The van der Waals surface area contributed by atoms with Gasteiger partial charge in [0, 0.05) is 6.54 Å². The van der Waals surface area contributed by atoms with Gasteiger partial charge in [0.25, 0.3) is 0 Å². The number of carboxylic acid groups (broad SMARTS) is 1. The van der Waals surface area contributed by atoms with Gasteiger partial charge in [0.2, 0.25) is 5.91 Å². The maximum absolute atomic E-state index is 11.2. The van der Waals surface area contributed by atoms with Gasteiger partial charge in [-0.1, -0.05) is 13.8 Å². The Hall–Kier alpha value is -1.10. The van der Waals surface area contributed by atoms with Gasteiger partial charge >= 0.3 is 5.97 Å². The zero-order chi connectivity index (χ0) is 11.4. The lowest BCUT2D eigenvalue weighted by molar-refractivity contribution is -0.144. The van der Waals surface area contributed by atoms with Crippen molar-refractivity contribution < 1.29 is 14.7 Å². The summed E-state index contributed by atoms with van der Waals surface area (Å²) in [5.41, 5.74) is 0. The zero-order valence-electron chi connectivity index (χ0n) is 9.19. The monoisotopic (exact) mass is 214 g/mol. The highest BCUT2D eigenvalue weighted by Gasteiger charge is 2.28. The fourth-order valence-electron chi connectivity index (χ4n) is 1.56. The van der Waals surface area contributed by atoms with Crippen LogP contribution in [0.25, 0.3) is 0 Å². The van der Waals surface area contributed by atoms with Gasteiger partial charge in [0.05, 0.1) is 6.54 Å². The number of piperazine rings is 1. The van der Waals surface area contributed by atoms with Crippen LogP contribution >= 0.6 is 0 Å². The van der Waals surface area contributed by atoms with Crippen LogP contribution in [0.1, 0.15) is 20.3 Å². The molecule has 0 saturated carbocycles. The lowest BCUT2D eigenvalue weighted by Crippen LogP contribution is -2.57. The number of hydrogen-bond acceptors (Lipinski definition) is 3. The van der Waals surface area contributed by atoms with E-state index in [9.17, 15) is 9.59 Å². The molecule has 0 radical (unpaired) electrons. The van der Waals surface area contributed by atoms with Crippen molar-refractivity contribution in [1.29, 1.82) is 0 Å². The van der Waals surface area contributed by atoms with Crippen LogP contribution < -0.4 is 5.32 Å². The lowest BCUT2D eigenvalue weighted by atomic mass is 10.1. The summed E-state index contributed by atoms with van der Waals surface area (Å²) in [6.07, 6.45) is 0.986. The summed E-state index contributed by atoms with van der Waals surface area (Å²) < 4.78 is 0. The van der Waals surface area contributed by atoms with Crippen molar-refractivity contribution in [2.75, 3.05) is 19.6 Å². The molecule has 0 aromatic carbocycles. The maximum Gasteiger partial charge on any atom is 0.327 e. The van der Waals surface area contributed by atoms with Crippen LogP contribution in [0.15, 0.2) is 0 Å². The third kappa shape index (κ3) is 3.87. The molecule has 1 aliphatic heterocycles. The molecule has 1 atom stereocenters. The van der Waals surface area contributed by atoms with Crippen LogP contribution in [-0.4, -0.2) is 47.6 Å². The summed E-state index contributed by atoms with van der Waals surface area (Å²) in [5.74, 6) is -0.590. The number of carboxylic acids is 1. The van der Waals surface area contributed by atoms with Gasteiger partial charge in [0.1, 0.15) is 6.04 Å². The van der Waals surface area contributed by atoms with E-state index in [4.69, 9.17) is 5.11 Å². The van der Waals surface area contributed by atoms with Crippen LogP contribution in [0.5, 0.6) is 0 Å². The minimum atomic E-state index is -0.961. The van der Waals surface area contributed by atoms with Crippen molar-refractivity contribution >= 4 is 11.9 Å². The first-order valence-corrected chi connectivity index (χ1v) is 5.23. The van der Waals surface area contributed by atoms with E-state index >= 15 is 0 Å². The van der Waals surface area contributed by atoms with Gasteiger partial charge in [-0.15, -0.1) is 0 Å². The quantitative estimate of drug-likeness (QED) is 0.686. The van der Waals surface area contributed by atoms with Crippen molar-refractivity contribution in [2.24, 2.45) is 5.92 Å². The van der Waals surface area contributed by atoms with Crippen molar-refractivity contribution in [1.82, 2.24) is 10.2 Å². The Morgan fingerprint density at radius 2 is 2.33 bits per heavy atom. The molecule has 1 rings (SSSR count). The highest BCUT2D eigenvalue weighted by molar-refractivity contribution is 5.86. The Morgan fingerprint density at radius 1 is 1.67 bits per heavy atom. The molecular formula is C10H18N2O3. The van der Waals surface area contributed by atoms with Gasteiger partial charge in [0.15, 0.2) is 0 Å². The topological polar surface area (TPSA) is 69.6 Å². The van der Waals surface area contributed by atoms with Crippen molar-refractivity contribution in [3.8, 4) is 0 Å². The van der Waals surface area contributed by atoms with E-state index in [-0.39, 0.29) is 5.91 Å². The second kappa shape index (κ2) is 5.11. The molecule has 5 nitrogen and oxygen atoms in total. The van der Waals surface area contributed by atoms with E-state index in [0.29, 0.717) is 19.0 Å². The molecule has 0 aliphatic carbocycles. The van der Waals surface area contributed by atoms with Crippen LogP contribution in [0.2, 0.25) is 0 Å². The van der Waals surface area contributed by atoms with Crippen molar-refractivity contribution in [2.45, 2.75) is 26.3 Å². The maximum atomic E-state index is 11.2.